The molecule has 0 saturated carbocycles. The molecule has 0 saturated heterocycles. The van der Waals surface area contributed by atoms with Gasteiger partial charge < -0.3 is 0 Å². The summed E-state index contributed by atoms with van der Waals surface area (Å²) in [6.07, 6.45) is 1.90. The van der Waals surface area contributed by atoms with Crippen LogP contribution in [0.15, 0.2) is 11.6 Å². The third-order valence-electron chi connectivity index (χ3n) is 1.07. The summed E-state index contributed by atoms with van der Waals surface area (Å²) in [6, 6.07) is 0. The van der Waals surface area contributed by atoms with Crippen LogP contribution in [0.25, 0.3) is 0 Å². The summed E-state index contributed by atoms with van der Waals surface area (Å²) in [4.78, 5) is 10.5. The molecular formula is C6H9Cl2IN2OS. The van der Waals surface area contributed by atoms with Crippen LogP contribution in [0.3, 0.4) is 0 Å². The fourth-order valence-electron chi connectivity index (χ4n) is 0.605. The first-order valence-electron chi connectivity index (χ1n) is 3.19. The van der Waals surface area contributed by atoms with Gasteiger partial charge in [0.25, 0.3) is 0 Å². The number of carbonyl (C=O) groups excluding carboxylic acids is 1. The first kappa shape index (κ1) is 13.4. The number of halogens is 3. The predicted octanol–water partition coefficient (Wildman–Crippen LogP) is -1.09. The van der Waals surface area contributed by atoms with Crippen LogP contribution in [0.2, 0.25) is 0 Å². The molecule has 1 heterocycles. The Balaban J connectivity index is 0.000000424. The Hall–Kier alpha value is 0.410. The average Bonchev–Trinajstić information content (AvgIpc) is 2.37. The van der Waals surface area contributed by atoms with Crippen LogP contribution in [-0.4, -0.2) is 5.91 Å². The van der Waals surface area contributed by atoms with Crippen LogP contribution in [0.1, 0.15) is 6.92 Å². The number of nitrogens with one attached hydrogen (secondary N) is 1. The van der Waals surface area contributed by atoms with Gasteiger partial charge in [0, 0.05) is 12.3 Å². The summed E-state index contributed by atoms with van der Waals surface area (Å²) in [6.45, 7) is 1.50. The van der Waals surface area contributed by atoms with Crippen molar-refractivity contribution >= 4 is 40.2 Å². The average molecular weight is 355 g/mol. The van der Waals surface area contributed by atoms with Crippen molar-refractivity contribution in [3.63, 3.8) is 0 Å². The molecule has 0 aromatic carbocycles. The number of aryl methyl sites for hydroxylation is 1. The topological polar surface area (TPSA) is 33.0 Å². The molecule has 7 heteroatoms. The molecule has 0 fully saturated rings. The van der Waals surface area contributed by atoms with Crippen molar-refractivity contribution in [3.8, 4) is 0 Å². The second-order valence-electron chi connectivity index (χ2n) is 2.05. The van der Waals surface area contributed by atoms with Crippen LogP contribution < -0.4 is 28.8 Å². The molecule has 1 N–H and O–H groups in total. The molecular weight excluding hydrogens is 346 g/mol. The molecule has 13 heavy (non-hydrogen) atoms. The molecule has 1 amide bonds. The Kier molecular flexibility index (Phi) is 8.03. The van der Waals surface area contributed by atoms with Crippen LogP contribution >= 0.6 is 29.2 Å². The molecule has 0 radical (unpaired) electrons. The van der Waals surface area contributed by atoms with Gasteiger partial charge in [0.15, 0.2) is 0 Å². The minimum atomic E-state index is -0.466. The van der Waals surface area contributed by atoms with E-state index in [9.17, 15) is 4.79 Å². The second-order valence-corrected chi connectivity index (χ2v) is 6.15. The zero-order valence-electron chi connectivity index (χ0n) is 7.05. The summed E-state index contributed by atoms with van der Waals surface area (Å²) in [5, 5.41) is 5.49. The Morgan fingerprint density at radius 2 is 2.23 bits per heavy atom. The van der Waals surface area contributed by atoms with Gasteiger partial charge in [-0.05, 0) is 0 Å². The van der Waals surface area contributed by atoms with Crippen molar-refractivity contribution in [1.82, 2.24) is 0 Å². The number of amides is 1. The first-order valence-corrected chi connectivity index (χ1v) is 9.54. The molecule has 0 aliphatic heterocycles. The second kappa shape index (κ2) is 7.78. The van der Waals surface area contributed by atoms with Gasteiger partial charge in [0.1, 0.15) is 6.20 Å². The van der Waals surface area contributed by atoms with Crippen LogP contribution in [-0.2, 0) is 11.8 Å². The summed E-state index contributed by atoms with van der Waals surface area (Å²) in [5.41, 5.74) is 0. The van der Waals surface area contributed by atoms with Gasteiger partial charge >= 0.3 is 47.8 Å². The summed E-state index contributed by atoms with van der Waals surface area (Å²) in [5.74, 6) is -0.0296. The van der Waals surface area contributed by atoms with Gasteiger partial charge in [-0.1, -0.05) is 11.3 Å². The van der Waals surface area contributed by atoms with Crippen molar-refractivity contribution in [2.75, 3.05) is 5.32 Å². The SMILES string of the molecule is CC(=O)Nc1scc[n+]1C.Cl[I-]Cl. The zero-order valence-corrected chi connectivity index (χ0v) is 11.5. The van der Waals surface area contributed by atoms with E-state index in [4.69, 9.17) is 17.8 Å². The quantitative estimate of drug-likeness (QED) is 0.505. The van der Waals surface area contributed by atoms with Gasteiger partial charge in [-0.25, -0.2) is 14.7 Å². The normalized spacial score (nSPS) is 8.92. The maximum absolute atomic E-state index is 10.5. The van der Waals surface area contributed by atoms with Crippen molar-refractivity contribution in [2.24, 2.45) is 7.05 Å². The van der Waals surface area contributed by atoms with Crippen molar-refractivity contribution in [3.05, 3.63) is 11.6 Å². The summed E-state index contributed by atoms with van der Waals surface area (Å²) < 4.78 is 1.87. The van der Waals surface area contributed by atoms with E-state index < -0.39 is 18.9 Å². The summed E-state index contributed by atoms with van der Waals surface area (Å²) >= 11 is 1.04. The maximum atomic E-state index is 10.5. The molecule has 3 nitrogen and oxygen atoms in total. The van der Waals surface area contributed by atoms with Crippen molar-refractivity contribution in [1.29, 1.82) is 0 Å². The number of thiazole rings is 1. The number of rotatable bonds is 1. The Labute approximate surface area is 98.7 Å². The number of anilines is 1. The van der Waals surface area contributed by atoms with E-state index in [0.29, 0.717) is 0 Å². The van der Waals surface area contributed by atoms with E-state index in [2.05, 4.69) is 5.32 Å². The van der Waals surface area contributed by atoms with E-state index in [1.165, 1.54) is 18.3 Å². The van der Waals surface area contributed by atoms with Gasteiger partial charge in [0.2, 0.25) is 0 Å². The van der Waals surface area contributed by atoms with Crippen LogP contribution in [0.4, 0.5) is 5.13 Å². The Bertz CT molecular complexity index is 269. The van der Waals surface area contributed by atoms with Crippen molar-refractivity contribution < 1.29 is 28.3 Å². The molecule has 0 aliphatic rings. The number of nitrogens with zero attached hydrogens (tertiary/aromatic N) is 1. The van der Waals surface area contributed by atoms with E-state index in [0.717, 1.165) is 5.13 Å². The van der Waals surface area contributed by atoms with Gasteiger partial charge in [-0.2, -0.15) is 0 Å². The van der Waals surface area contributed by atoms with E-state index >= 15 is 0 Å². The standard InChI is InChI=1S/C6H8N2OS.Cl2I/c1-5(9)7-6-8(2)3-4-10-6;1-3-2/h3-4H,1-2H3;/q;-1/p+1. The molecule has 0 unspecified atom stereocenters. The number of aromatic nitrogens is 1. The molecule has 0 aliphatic carbocycles. The molecule has 1 rings (SSSR count). The third-order valence-corrected chi connectivity index (χ3v) is 1.94. The number of hydrogen-bond acceptors (Lipinski definition) is 2. The minimum absolute atomic E-state index is 0.0296. The number of hydrogen-bond donors (Lipinski definition) is 1. The van der Waals surface area contributed by atoms with Crippen molar-refractivity contribution in [2.45, 2.75) is 6.92 Å². The fraction of sp³-hybridized carbons (Fsp3) is 0.333. The van der Waals surface area contributed by atoms with Gasteiger partial charge in [-0.15, -0.1) is 0 Å². The monoisotopic (exact) mass is 354 g/mol. The summed E-state index contributed by atoms with van der Waals surface area (Å²) in [7, 11) is 11.6. The molecule has 1 aromatic rings. The third kappa shape index (κ3) is 6.48. The van der Waals surface area contributed by atoms with Crippen LogP contribution in [0, 0.1) is 0 Å². The Morgan fingerprint density at radius 3 is 2.54 bits per heavy atom. The first-order chi connectivity index (χ1) is 6.11. The zero-order chi connectivity index (χ0) is 10.3. The van der Waals surface area contributed by atoms with E-state index in [1.807, 2.05) is 23.2 Å². The van der Waals surface area contributed by atoms with Crippen LogP contribution in [0.5, 0.6) is 0 Å². The Morgan fingerprint density at radius 1 is 1.69 bits per heavy atom. The predicted molar refractivity (Wildman–Crippen MR) is 51.5 cm³/mol. The van der Waals surface area contributed by atoms with E-state index in [-0.39, 0.29) is 5.91 Å². The molecule has 0 spiro atoms. The van der Waals surface area contributed by atoms with Gasteiger partial charge in [0.05, 0.1) is 7.05 Å². The van der Waals surface area contributed by atoms with E-state index in [1.54, 1.807) is 0 Å². The molecule has 0 bridgehead atoms. The fourth-order valence-corrected chi connectivity index (χ4v) is 1.41. The molecule has 76 valence electrons. The van der Waals surface area contributed by atoms with Gasteiger partial charge in [-0.3, -0.25) is 0 Å². The number of carbonyl (C=O) groups is 1. The molecule has 0 atom stereocenters. The molecule has 1 aromatic heterocycles.